The normalized spacial score (nSPS) is 14.0. The van der Waals surface area contributed by atoms with E-state index in [0.29, 0.717) is 4.88 Å². The maximum absolute atomic E-state index is 12.7. The van der Waals surface area contributed by atoms with E-state index in [4.69, 9.17) is 0 Å². The summed E-state index contributed by atoms with van der Waals surface area (Å²) in [6, 6.07) is 11.5. The minimum absolute atomic E-state index is 0.179. The number of sulfonamides is 1. The van der Waals surface area contributed by atoms with Gasteiger partial charge in [-0.3, -0.25) is 0 Å². The van der Waals surface area contributed by atoms with Crippen LogP contribution in [0.15, 0.2) is 52.7 Å². The van der Waals surface area contributed by atoms with Crippen LogP contribution in [-0.2, 0) is 19.9 Å². The van der Waals surface area contributed by atoms with Crippen molar-refractivity contribution in [2.24, 2.45) is 0 Å². The highest BCUT2D eigenvalue weighted by Gasteiger charge is 2.30. The lowest BCUT2D eigenvalue weighted by atomic mass is 10.3. The van der Waals surface area contributed by atoms with Crippen LogP contribution < -0.4 is 4.72 Å². The lowest BCUT2D eigenvalue weighted by Crippen LogP contribution is -2.30. The molecule has 1 heterocycles. The highest BCUT2D eigenvalue weighted by molar-refractivity contribution is 7.92. The van der Waals surface area contributed by atoms with Crippen molar-refractivity contribution in [2.75, 3.05) is 12.8 Å². The second-order valence-electron chi connectivity index (χ2n) is 4.48. The maximum Gasteiger partial charge on any atom is 0.208 e. The first-order valence-electron chi connectivity index (χ1n) is 6.08. The van der Waals surface area contributed by atoms with Crippen molar-refractivity contribution < 1.29 is 16.8 Å². The topological polar surface area (TPSA) is 80.3 Å². The Morgan fingerprint density at radius 3 is 2.24 bits per heavy atom. The van der Waals surface area contributed by atoms with Gasteiger partial charge in [0.1, 0.15) is 5.25 Å². The van der Waals surface area contributed by atoms with Gasteiger partial charge in [-0.15, -0.1) is 11.3 Å². The van der Waals surface area contributed by atoms with E-state index in [9.17, 15) is 16.8 Å². The number of hydrogen-bond donors (Lipinski definition) is 1. The molecule has 1 N–H and O–H groups in total. The van der Waals surface area contributed by atoms with Gasteiger partial charge in [-0.2, -0.15) is 0 Å². The molecule has 0 aliphatic carbocycles. The second-order valence-corrected chi connectivity index (χ2v) is 9.43. The zero-order chi connectivity index (χ0) is 15.5. The number of hydrogen-bond acceptors (Lipinski definition) is 5. The van der Waals surface area contributed by atoms with Crippen LogP contribution in [-0.4, -0.2) is 29.6 Å². The molecule has 2 aromatic rings. The Bertz CT molecular complexity index is 781. The Balaban J connectivity index is 2.40. The Hall–Kier alpha value is -1.22. The van der Waals surface area contributed by atoms with Crippen molar-refractivity contribution in [1.29, 1.82) is 0 Å². The number of rotatable bonds is 6. The fourth-order valence-corrected chi connectivity index (χ4v) is 5.22. The molecule has 114 valence electrons. The van der Waals surface area contributed by atoms with Crippen molar-refractivity contribution in [3.63, 3.8) is 0 Å². The summed E-state index contributed by atoms with van der Waals surface area (Å²) in [6.45, 7) is -0.184. The number of benzene rings is 1. The average Bonchev–Trinajstić information content (AvgIpc) is 2.92. The molecule has 0 saturated carbocycles. The van der Waals surface area contributed by atoms with Gasteiger partial charge in [0.2, 0.25) is 10.0 Å². The molecule has 1 aromatic carbocycles. The maximum atomic E-state index is 12.7. The lowest BCUT2D eigenvalue weighted by molar-refractivity contribution is 0.572. The minimum atomic E-state index is -3.66. The first-order valence-corrected chi connectivity index (χ1v) is 10.4. The summed E-state index contributed by atoms with van der Waals surface area (Å²) >= 11 is 1.29. The highest BCUT2D eigenvalue weighted by Crippen LogP contribution is 2.31. The molecule has 0 unspecified atom stereocenters. The molecule has 0 aliphatic heterocycles. The van der Waals surface area contributed by atoms with E-state index in [0.717, 1.165) is 6.26 Å². The quantitative estimate of drug-likeness (QED) is 0.866. The van der Waals surface area contributed by atoms with Gasteiger partial charge in [0.05, 0.1) is 11.2 Å². The standard InChI is InChI=1S/C13H15NO4S3/c1-20(15,16)14-10-13(12-8-5-9-19-12)21(17,18)11-6-3-2-4-7-11/h2-9,13-14H,10H2,1H3/t13-/m0/s1. The van der Waals surface area contributed by atoms with Crippen molar-refractivity contribution in [1.82, 2.24) is 4.72 Å². The van der Waals surface area contributed by atoms with Gasteiger partial charge in [-0.1, -0.05) is 24.3 Å². The summed E-state index contributed by atoms with van der Waals surface area (Å²) in [5, 5.41) is 0.832. The van der Waals surface area contributed by atoms with Crippen LogP contribution in [0.25, 0.3) is 0 Å². The number of thiophene rings is 1. The monoisotopic (exact) mass is 345 g/mol. The summed E-state index contributed by atoms with van der Waals surface area (Å²) in [7, 11) is -7.13. The van der Waals surface area contributed by atoms with Gasteiger partial charge in [0, 0.05) is 11.4 Å². The molecule has 5 nitrogen and oxygen atoms in total. The van der Waals surface area contributed by atoms with Crippen LogP contribution in [0.1, 0.15) is 10.1 Å². The molecule has 0 saturated heterocycles. The Labute approximate surface area is 128 Å². The molecule has 8 heteroatoms. The molecular formula is C13H15NO4S3. The Morgan fingerprint density at radius 1 is 1.05 bits per heavy atom. The van der Waals surface area contributed by atoms with E-state index in [2.05, 4.69) is 4.72 Å². The van der Waals surface area contributed by atoms with Gasteiger partial charge >= 0.3 is 0 Å². The molecule has 21 heavy (non-hydrogen) atoms. The molecule has 1 aromatic heterocycles. The third-order valence-electron chi connectivity index (χ3n) is 2.84. The molecule has 2 rings (SSSR count). The highest BCUT2D eigenvalue weighted by atomic mass is 32.2. The molecule has 1 atom stereocenters. The fourth-order valence-electron chi connectivity index (χ4n) is 1.84. The Morgan fingerprint density at radius 2 is 1.71 bits per heavy atom. The van der Waals surface area contributed by atoms with Crippen LogP contribution in [0.4, 0.5) is 0 Å². The predicted molar refractivity (Wildman–Crippen MR) is 83.5 cm³/mol. The van der Waals surface area contributed by atoms with E-state index in [-0.39, 0.29) is 11.4 Å². The summed E-state index contributed by atoms with van der Waals surface area (Å²) in [5.41, 5.74) is 0. The van der Waals surface area contributed by atoms with E-state index in [1.807, 2.05) is 0 Å². The van der Waals surface area contributed by atoms with Gasteiger partial charge in [0.25, 0.3) is 0 Å². The van der Waals surface area contributed by atoms with Gasteiger partial charge < -0.3 is 0 Å². The average molecular weight is 345 g/mol. The largest absolute Gasteiger partial charge is 0.223 e. The number of sulfone groups is 1. The first-order chi connectivity index (χ1) is 9.81. The first kappa shape index (κ1) is 16.2. The zero-order valence-electron chi connectivity index (χ0n) is 11.3. The molecule has 0 bridgehead atoms. The van der Waals surface area contributed by atoms with Gasteiger partial charge in [0.15, 0.2) is 9.84 Å². The summed E-state index contributed by atoms with van der Waals surface area (Å²) in [4.78, 5) is 0.786. The number of nitrogens with one attached hydrogen (secondary N) is 1. The van der Waals surface area contributed by atoms with Crippen molar-refractivity contribution in [3.8, 4) is 0 Å². The van der Waals surface area contributed by atoms with Crippen molar-refractivity contribution in [3.05, 3.63) is 52.7 Å². The third-order valence-corrected chi connectivity index (χ3v) is 6.76. The summed E-state index contributed by atoms with van der Waals surface area (Å²) < 4.78 is 50.3. The summed E-state index contributed by atoms with van der Waals surface area (Å²) in [5.74, 6) is 0. The fraction of sp³-hybridized carbons (Fsp3) is 0.231. The summed E-state index contributed by atoms with van der Waals surface area (Å²) in [6.07, 6.45) is 1.01. The van der Waals surface area contributed by atoms with E-state index in [1.165, 1.54) is 23.5 Å². The smallest absolute Gasteiger partial charge is 0.208 e. The van der Waals surface area contributed by atoms with E-state index < -0.39 is 25.1 Å². The minimum Gasteiger partial charge on any atom is -0.223 e. The Kier molecular flexibility index (Phi) is 4.82. The van der Waals surface area contributed by atoms with Crippen LogP contribution in [0.2, 0.25) is 0 Å². The third kappa shape index (κ3) is 4.13. The lowest BCUT2D eigenvalue weighted by Gasteiger charge is -2.16. The second kappa shape index (κ2) is 6.27. The van der Waals surface area contributed by atoms with Crippen LogP contribution in [0.5, 0.6) is 0 Å². The van der Waals surface area contributed by atoms with Crippen LogP contribution in [0, 0.1) is 0 Å². The van der Waals surface area contributed by atoms with E-state index >= 15 is 0 Å². The van der Waals surface area contributed by atoms with Crippen molar-refractivity contribution >= 4 is 31.2 Å². The van der Waals surface area contributed by atoms with E-state index in [1.54, 1.807) is 35.7 Å². The molecule has 0 fully saturated rings. The molecular weight excluding hydrogens is 330 g/mol. The van der Waals surface area contributed by atoms with Crippen LogP contribution in [0.3, 0.4) is 0 Å². The molecule has 0 aliphatic rings. The zero-order valence-corrected chi connectivity index (χ0v) is 13.7. The predicted octanol–water partition coefficient (Wildman–Crippen LogP) is 1.81. The molecule has 0 radical (unpaired) electrons. The molecule has 0 spiro atoms. The molecule has 0 amide bonds. The SMILES string of the molecule is CS(=O)(=O)NC[C@@H](c1cccs1)S(=O)(=O)c1ccccc1. The van der Waals surface area contributed by atoms with Crippen molar-refractivity contribution in [2.45, 2.75) is 10.1 Å². The van der Waals surface area contributed by atoms with Crippen LogP contribution >= 0.6 is 11.3 Å². The van der Waals surface area contributed by atoms with Gasteiger partial charge in [-0.05, 0) is 23.6 Å². The van der Waals surface area contributed by atoms with Gasteiger partial charge in [-0.25, -0.2) is 21.6 Å².